The summed E-state index contributed by atoms with van der Waals surface area (Å²) in [6.07, 6.45) is -0.592. The summed E-state index contributed by atoms with van der Waals surface area (Å²) in [5.74, 6) is 0. The van der Waals surface area contributed by atoms with Crippen LogP contribution in [0.15, 0.2) is 30.3 Å². The van der Waals surface area contributed by atoms with Crippen LogP contribution in [0.5, 0.6) is 0 Å². The molecule has 0 aliphatic carbocycles. The van der Waals surface area contributed by atoms with E-state index in [0.29, 0.717) is 19.6 Å². The van der Waals surface area contributed by atoms with Gasteiger partial charge in [-0.1, -0.05) is 30.3 Å². The van der Waals surface area contributed by atoms with Gasteiger partial charge in [-0.2, -0.15) is 0 Å². The van der Waals surface area contributed by atoms with Crippen LogP contribution < -0.4 is 10.6 Å². The zero-order chi connectivity index (χ0) is 15.8. The number of nitrogens with one attached hydrogen (secondary N) is 2. The van der Waals surface area contributed by atoms with E-state index in [1.807, 2.05) is 30.3 Å². The lowest BCUT2D eigenvalue weighted by Crippen LogP contribution is -2.39. The first-order valence-electron chi connectivity index (χ1n) is 7.30. The Kier molecular flexibility index (Phi) is 6.02. The number of ether oxygens (including phenoxy) is 1. The van der Waals surface area contributed by atoms with Crippen molar-refractivity contribution in [2.45, 2.75) is 19.1 Å². The van der Waals surface area contributed by atoms with Gasteiger partial charge in [-0.25, -0.2) is 9.59 Å². The molecule has 0 unspecified atom stereocenters. The molecule has 1 saturated heterocycles. The molecule has 120 valence electrons. The highest BCUT2D eigenvalue weighted by Gasteiger charge is 2.23. The topological polar surface area (TPSA) is 90.9 Å². The average Bonchev–Trinajstić information content (AvgIpc) is 2.93. The summed E-state index contributed by atoms with van der Waals surface area (Å²) in [6, 6.07) is 9.57. The summed E-state index contributed by atoms with van der Waals surface area (Å²) < 4.78 is 5.18. The van der Waals surface area contributed by atoms with Gasteiger partial charge in [0.05, 0.1) is 0 Å². The SMILES string of the molecule is O=C(O)NCCN1CC[C@@H](NC(=O)OCc2ccccc2)C1. The van der Waals surface area contributed by atoms with Gasteiger partial charge < -0.3 is 20.5 Å². The molecule has 1 atom stereocenters. The number of rotatable bonds is 6. The molecule has 22 heavy (non-hydrogen) atoms. The third-order valence-electron chi connectivity index (χ3n) is 3.51. The van der Waals surface area contributed by atoms with Crippen LogP contribution in [0.25, 0.3) is 0 Å². The molecule has 3 N–H and O–H groups in total. The Labute approximate surface area is 129 Å². The summed E-state index contributed by atoms with van der Waals surface area (Å²) >= 11 is 0. The van der Waals surface area contributed by atoms with E-state index in [0.717, 1.165) is 18.5 Å². The highest BCUT2D eigenvalue weighted by molar-refractivity contribution is 5.67. The minimum absolute atomic E-state index is 0.0492. The van der Waals surface area contributed by atoms with Crippen molar-refractivity contribution in [1.29, 1.82) is 0 Å². The molecular formula is C15H21N3O4. The lowest BCUT2D eigenvalue weighted by molar-refractivity contribution is 0.135. The van der Waals surface area contributed by atoms with Crippen LogP contribution in [0.4, 0.5) is 9.59 Å². The molecule has 2 amide bonds. The van der Waals surface area contributed by atoms with Crippen LogP contribution in [0.2, 0.25) is 0 Å². The molecule has 1 aromatic rings. The van der Waals surface area contributed by atoms with E-state index >= 15 is 0 Å². The lowest BCUT2D eigenvalue weighted by Gasteiger charge is -2.16. The maximum Gasteiger partial charge on any atom is 0.407 e. The van der Waals surface area contributed by atoms with Crippen molar-refractivity contribution in [3.05, 3.63) is 35.9 Å². The molecule has 0 radical (unpaired) electrons. The Morgan fingerprint density at radius 2 is 2.09 bits per heavy atom. The predicted octanol–water partition coefficient (Wildman–Crippen LogP) is 1.25. The summed E-state index contributed by atoms with van der Waals surface area (Å²) in [5.41, 5.74) is 0.949. The number of carbonyl (C=O) groups is 2. The van der Waals surface area contributed by atoms with Crippen LogP contribution in [-0.2, 0) is 11.3 Å². The normalized spacial score (nSPS) is 17.9. The third kappa shape index (κ3) is 5.61. The van der Waals surface area contributed by atoms with E-state index in [-0.39, 0.29) is 12.6 Å². The predicted molar refractivity (Wildman–Crippen MR) is 80.6 cm³/mol. The molecule has 0 spiro atoms. The zero-order valence-electron chi connectivity index (χ0n) is 12.3. The molecule has 7 nitrogen and oxygen atoms in total. The summed E-state index contributed by atoms with van der Waals surface area (Å²) in [6.45, 7) is 2.84. The number of alkyl carbamates (subject to hydrolysis) is 1. The Morgan fingerprint density at radius 3 is 2.82 bits per heavy atom. The molecular weight excluding hydrogens is 286 g/mol. The first-order valence-corrected chi connectivity index (χ1v) is 7.30. The highest BCUT2D eigenvalue weighted by atomic mass is 16.5. The number of carbonyl (C=O) groups excluding carboxylic acids is 1. The second kappa shape index (κ2) is 8.23. The molecule has 7 heteroatoms. The van der Waals surface area contributed by atoms with Crippen molar-refractivity contribution >= 4 is 12.2 Å². The molecule has 0 bridgehead atoms. The first-order chi connectivity index (χ1) is 10.6. The van der Waals surface area contributed by atoms with Gasteiger partial charge in [-0.15, -0.1) is 0 Å². The van der Waals surface area contributed by atoms with Gasteiger partial charge in [0.2, 0.25) is 0 Å². The first kappa shape index (κ1) is 16.1. The van der Waals surface area contributed by atoms with Crippen molar-refractivity contribution in [2.24, 2.45) is 0 Å². The van der Waals surface area contributed by atoms with Crippen LogP contribution >= 0.6 is 0 Å². The summed E-state index contributed by atoms with van der Waals surface area (Å²) in [5, 5.41) is 13.7. The summed E-state index contributed by atoms with van der Waals surface area (Å²) in [4.78, 5) is 24.2. The maximum absolute atomic E-state index is 11.7. The fourth-order valence-corrected chi connectivity index (χ4v) is 2.41. The third-order valence-corrected chi connectivity index (χ3v) is 3.51. The standard InChI is InChI=1S/C15H21N3O4/c19-14(20)16-7-9-18-8-6-13(10-18)17-15(21)22-11-12-4-2-1-3-5-12/h1-5,13,16H,6-11H2,(H,17,21)(H,19,20)/t13-/m1/s1. The molecule has 2 rings (SSSR count). The second-order valence-electron chi connectivity index (χ2n) is 5.22. The number of hydrogen-bond acceptors (Lipinski definition) is 4. The van der Waals surface area contributed by atoms with Gasteiger partial charge in [0.15, 0.2) is 0 Å². The molecule has 1 aliphatic heterocycles. The van der Waals surface area contributed by atoms with Crippen LogP contribution in [0, 0.1) is 0 Å². The Balaban J connectivity index is 1.62. The molecule has 1 fully saturated rings. The highest BCUT2D eigenvalue weighted by Crippen LogP contribution is 2.09. The number of likely N-dealkylation sites (tertiary alicyclic amines) is 1. The number of carboxylic acid groups (broad SMARTS) is 1. The quantitative estimate of drug-likeness (QED) is 0.736. The van der Waals surface area contributed by atoms with E-state index in [2.05, 4.69) is 15.5 Å². The van der Waals surface area contributed by atoms with Crippen molar-refractivity contribution in [3.63, 3.8) is 0 Å². The largest absolute Gasteiger partial charge is 0.465 e. The van der Waals surface area contributed by atoms with Gasteiger partial charge in [0, 0.05) is 32.2 Å². The maximum atomic E-state index is 11.7. The Bertz CT molecular complexity index is 495. The smallest absolute Gasteiger partial charge is 0.407 e. The minimum atomic E-state index is -1.02. The molecule has 0 aromatic heterocycles. The van der Waals surface area contributed by atoms with E-state index < -0.39 is 12.2 Å². The molecule has 1 aromatic carbocycles. The van der Waals surface area contributed by atoms with E-state index in [1.165, 1.54) is 0 Å². The monoisotopic (exact) mass is 307 g/mol. The fourth-order valence-electron chi connectivity index (χ4n) is 2.41. The minimum Gasteiger partial charge on any atom is -0.465 e. The number of hydrogen-bond donors (Lipinski definition) is 3. The van der Waals surface area contributed by atoms with Crippen molar-refractivity contribution in [2.75, 3.05) is 26.2 Å². The van der Waals surface area contributed by atoms with Gasteiger partial charge in [-0.3, -0.25) is 4.90 Å². The zero-order valence-corrected chi connectivity index (χ0v) is 12.3. The summed E-state index contributed by atoms with van der Waals surface area (Å²) in [7, 11) is 0. The van der Waals surface area contributed by atoms with Gasteiger partial charge >= 0.3 is 12.2 Å². The van der Waals surface area contributed by atoms with Crippen molar-refractivity contribution < 1.29 is 19.4 Å². The Morgan fingerprint density at radius 1 is 1.32 bits per heavy atom. The van der Waals surface area contributed by atoms with E-state index in [1.54, 1.807) is 0 Å². The van der Waals surface area contributed by atoms with Crippen LogP contribution in [0.3, 0.4) is 0 Å². The van der Waals surface area contributed by atoms with Gasteiger partial charge in [-0.05, 0) is 12.0 Å². The second-order valence-corrected chi connectivity index (χ2v) is 5.22. The number of nitrogens with zero attached hydrogens (tertiary/aromatic N) is 1. The van der Waals surface area contributed by atoms with Gasteiger partial charge in [0.1, 0.15) is 6.61 Å². The number of amides is 2. The van der Waals surface area contributed by atoms with E-state index in [9.17, 15) is 9.59 Å². The van der Waals surface area contributed by atoms with Crippen molar-refractivity contribution in [1.82, 2.24) is 15.5 Å². The molecule has 0 saturated carbocycles. The molecule has 1 heterocycles. The average molecular weight is 307 g/mol. The van der Waals surface area contributed by atoms with E-state index in [4.69, 9.17) is 9.84 Å². The van der Waals surface area contributed by atoms with Gasteiger partial charge in [0.25, 0.3) is 0 Å². The number of benzene rings is 1. The lowest BCUT2D eigenvalue weighted by atomic mass is 10.2. The molecule has 1 aliphatic rings. The fraction of sp³-hybridized carbons (Fsp3) is 0.467. The van der Waals surface area contributed by atoms with Crippen LogP contribution in [0.1, 0.15) is 12.0 Å². The Hall–Kier alpha value is -2.28. The van der Waals surface area contributed by atoms with Crippen LogP contribution in [-0.4, -0.2) is 54.4 Å². The van der Waals surface area contributed by atoms with Crippen molar-refractivity contribution in [3.8, 4) is 0 Å².